The van der Waals surface area contributed by atoms with E-state index < -0.39 is 0 Å². The van der Waals surface area contributed by atoms with Crippen LogP contribution in [-0.2, 0) is 6.54 Å². The molecule has 2 N–H and O–H groups in total. The third-order valence-electron chi connectivity index (χ3n) is 3.70. The van der Waals surface area contributed by atoms with Crippen LogP contribution in [0.25, 0.3) is 11.4 Å². The van der Waals surface area contributed by atoms with E-state index in [0.29, 0.717) is 17.2 Å². The fraction of sp³-hybridized carbons (Fsp3) is 0.294. The Morgan fingerprint density at radius 2 is 2.04 bits per heavy atom. The summed E-state index contributed by atoms with van der Waals surface area (Å²) in [5, 5.41) is 17.5. The Kier molecular flexibility index (Phi) is 4.41. The molecule has 124 valence electrons. The van der Waals surface area contributed by atoms with E-state index in [1.165, 1.54) is 0 Å². The van der Waals surface area contributed by atoms with Crippen molar-refractivity contribution in [1.82, 2.24) is 24.7 Å². The monoisotopic (exact) mass is 324 g/mol. The summed E-state index contributed by atoms with van der Waals surface area (Å²) >= 11 is 0. The molecule has 1 atom stereocenters. The maximum atomic E-state index is 10.0. The third kappa shape index (κ3) is 3.19. The number of nitrogens with zero attached hydrogens (tertiary/aromatic N) is 5. The standard InChI is InChI=1S/C17H20N6O/c1-4-23-17(18-10-19-23)12(3)21-15-9-11(2)20-16(22-15)13-7-5-6-8-14(13)24/h5-10,12,24H,4H2,1-3H3,(H,20,21,22). The predicted octanol–water partition coefficient (Wildman–Crippen LogP) is 2.94. The van der Waals surface area contributed by atoms with Gasteiger partial charge in [-0.1, -0.05) is 12.1 Å². The number of benzene rings is 1. The molecule has 3 rings (SSSR count). The summed E-state index contributed by atoms with van der Waals surface area (Å²) in [6.45, 7) is 6.69. The number of anilines is 1. The van der Waals surface area contributed by atoms with E-state index in [0.717, 1.165) is 18.1 Å². The average Bonchev–Trinajstić information content (AvgIpc) is 3.03. The van der Waals surface area contributed by atoms with Crippen LogP contribution in [0.5, 0.6) is 5.75 Å². The number of nitrogens with one attached hydrogen (secondary N) is 1. The molecule has 0 saturated carbocycles. The highest BCUT2D eigenvalue weighted by atomic mass is 16.3. The molecule has 1 aromatic carbocycles. The molecule has 7 heteroatoms. The minimum absolute atomic E-state index is 0.0565. The van der Waals surface area contributed by atoms with Crippen LogP contribution in [0.15, 0.2) is 36.7 Å². The van der Waals surface area contributed by atoms with E-state index in [9.17, 15) is 5.11 Å². The minimum atomic E-state index is -0.0565. The number of para-hydroxylation sites is 1. The number of phenolic OH excluding ortho intramolecular Hbond substituents is 1. The van der Waals surface area contributed by atoms with Gasteiger partial charge in [0, 0.05) is 18.3 Å². The Hall–Kier alpha value is -2.96. The molecule has 0 aliphatic heterocycles. The first kappa shape index (κ1) is 15.9. The molecule has 24 heavy (non-hydrogen) atoms. The molecule has 0 amide bonds. The summed E-state index contributed by atoms with van der Waals surface area (Å²) in [6, 6.07) is 8.85. The lowest BCUT2D eigenvalue weighted by atomic mass is 10.2. The van der Waals surface area contributed by atoms with Crippen molar-refractivity contribution in [2.45, 2.75) is 33.4 Å². The maximum Gasteiger partial charge on any atom is 0.165 e. The number of rotatable bonds is 5. The quantitative estimate of drug-likeness (QED) is 0.750. The zero-order valence-electron chi connectivity index (χ0n) is 13.9. The smallest absolute Gasteiger partial charge is 0.165 e. The molecule has 1 unspecified atom stereocenters. The topological polar surface area (TPSA) is 88.8 Å². The normalized spacial score (nSPS) is 12.1. The van der Waals surface area contributed by atoms with Crippen molar-refractivity contribution in [3.05, 3.63) is 48.2 Å². The summed E-state index contributed by atoms with van der Waals surface area (Å²) in [5.74, 6) is 2.17. The zero-order valence-corrected chi connectivity index (χ0v) is 13.9. The summed E-state index contributed by atoms with van der Waals surface area (Å²) in [5.41, 5.74) is 1.42. The Morgan fingerprint density at radius 1 is 1.25 bits per heavy atom. The first-order chi connectivity index (χ1) is 11.6. The fourth-order valence-corrected chi connectivity index (χ4v) is 2.56. The lowest BCUT2D eigenvalue weighted by Gasteiger charge is -2.15. The molecule has 0 aliphatic rings. The van der Waals surface area contributed by atoms with Crippen LogP contribution in [0.3, 0.4) is 0 Å². The SMILES string of the molecule is CCn1ncnc1C(C)Nc1cc(C)nc(-c2ccccc2O)n1. The van der Waals surface area contributed by atoms with Crippen molar-refractivity contribution in [3.63, 3.8) is 0 Å². The van der Waals surface area contributed by atoms with Crippen LogP contribution in [0.2, 0.25) is 0 Å². The molecular formula is C17H20N6O. The molecule has 3 aromatic rings. The number of aromatic nitrogens is 5. The van der Waals surface area contributed by atoms with Gasteiger partial charge in [-0.3, -0.25) is 0 Å². The second kappa shape index (κ2) is 6.66. The molecule has 2 heterocycles. The van der Waals surface area contributed by atoms with Gasteiger partial charge in [-0.05, 0) is 32.9 Å². The van der Waals surface area contributed by atoms with E-state index >= 15 is 0 Å². The van der Waals surface area contributed by atoms with Crippen LogP contribution in [0.4, 0.5) is 5.82 Å². The van der Waals surface area contributed by atoms with E-state index in [-0.39, 0.29) is 11.8 Å². The van der Waals surface area contributed by atoms with Gasteiger partial charge in [0.05, 0.1) is 11.6 Å². The van der Waals surface area contributed by atoms with E-state index in [4.69, 9.17) is 0 Å². The van der Waals surface area contributed by atoms with Crippen molar-refractivity contribution in [2.75, 3.05) is 5.32 Å². The number of aromatic hydroxyl groups is 1. The minimum Gasteiger partial charge on any atom is -0.507 e. The number of hydrogen-bond donors (Lipinski definition) is 2. The molecule has 7 nitrogen and oxygen atoms in total. The molecule has 0 aliphatic carbocycles. The lowest BCUT2D eigenvalue weighted by Crippen LogP contribution is -2.15. The van der Waals surface area contributed by atoms with E-state index in [1.54, 1.807) is 24.5 Å². The Labute approximate surface area is 140 Å². The van der Waals surface area contributed by atoms with Gasteiger partial charge in [0.25, 0.3) is 0 Å². The molecule has 0 spiro atoms. The molecule has 0 saturated heterocycles. The number of hydrogen-bond acceptors (Lipinski definition) is 6. The molecule has 0 fully saturated rings. The maximum absolute atomic E-state index is 10.0. The van der Waals surface area contributed by atoms with Crippen molar-refractivity contribution in [3.8, 4) is 17.1 Å². The van der Waals surface area contributed by atoms with Crippen LogP contribution >= 0.6 is 0 Å². The van der Waals surface area contributed by atoms with Crippen molar-refractivity contribution >= 4 is 5.82 Å². The highest BCUT2D eigenvalue weighted by Gasteiger charge is 2.15. The van der Waals surface area contributed by atoms with Gasteiger partial charge < -0.3 is 10.4 Å². The third-order valence-corrected chi connectivity index (χ3v) is 3.70. The predicted molar refractivity (Wildman–Crippen MR) is 91.6 cm³/mol. The lowest BCUT2D eigenvalue weighted by molar-refractivity contribution is 0.477. The fourth-order valence-electron chi connectivity index (χ4n) is 2.56. The Bertz CT molecular complexity index is 845. The van der Waals surface area contributed by atoms with Crippen LogP contribution in [-0.4, -0.2) is 29.8 Å². The van der Waals surface area contributed by atoms with Gasteiger partial charge >= 0.3 is 0 Å². The summed E-state index contributed by atoms with van der Waals surface area (Å²) in [4.78, 5) is 13.3. The highest BCUT2D eigenvalue weighted by molar-refractivity contribution is 5.64. The Morgan fingerprint density at radius 3 is 2.79 bits per heavy atom. The molecule has 0 radical (unpaired) electrons. The zero-order chi connectivity index (χ0) is 17.1. The van der Waals surface area contributed by atoms with Gasteiger partial charge in [0.15, 0.2) is 5.82 Å². The summed E-state index contributed by atoms with van der Waals surface area (Å²) in [6.07, 6.45) is 1.55. The second-order valence-electron chi connectivity index (χ2n) is 5.54. The van der Waals surface area contributed by atoms with Crippen molar-refractivity contribution < 1.29 is 5.11 Å². The molecular weight excluding hydrogens is 304 g/mol. The largest absolute Gasteiger partial charge is 0.507 e. The molecule has 2 aromatic heterocycles. The highest BCUT2D eigenvalue weighted by Crippen LogP contribution is 2.27. The average molecular weight is 324 g/mol. The number of aryl methyl sites for hydroxylation is 2. The van der Waals surface area contributed by atoms with Gasteiger partial charge in [-0.2, -0.15) is 5.10 Å². The van der Waals surface area contributed by atoms with Gasteiger partial charge in [-0.15, -0.1) is 0 Å². The van der Waals surface area contributed by atoms with Gasteiger partial charge in [0.2, 0.25) is 0 Å². The van der Waals surface area contributed by atoms with E-state index in [1.807, 2.05) is 37.6 Å². The van der Waals surface area contributed by atoms with Crippen LogP contribution in [0.1, 0.15) is 31.4 Å². The molecule has 0 bridgehead atoms. The van der Waals surface area contributed by atoms with E-state index in [2.05, 4.69) is 25.4 Å². The van der Waals surface area contributed by atoms with Gasteiger partial charge in [0.1, 0.15) is 23.7 Å². The van der Waals surface area contributed by atoms with Gasteiger partial charge in [-0.25, -0.2) is 19.6 Å². The second-order valence-corrected chi connectivity index (χ2v) is 5.54. The first-order valence-electron chi connectivity index (χ1n) is 7.86. The first-order valence-corrected chi connectivity index (χ1v) is 7.86. The summed E-state index contributed by atoms with van der Waals surface area (Å²) in [7, 11) is 0. The Balaban J connectivity index is 1.91. The van der Waals surface area contributed by atoms with Crippen LogP contribution < -0.4 is 5.32 Å². The van der Waals surface area contributed by atoms with Crippen molar-refractivity contribution in [2.24, 2.45) is 0 Å². The number of phenols is 1. The van der Waals surface area contributed by atoms with Crippen LogP contribution in [0, 0.1) is 6.92 Å². The van der Waals surface area contributed by atoms with Crippen molar-refractivity contribution in [1.29, 1.82) is 0 Å². The summed E-state index contributed by atoms with van der Waals surface area (Å²) < 4.78 is 1.84.